The van der Waals surface area contributed by atoms with Crippen LogP contribution in [0.15, 0.2) is 54.6 Å². The first-order chi connectivity index (χ1) is 16.1. The average Bonchev–Trinajstić information content (AvgIpc) is 2.99. The largest absolute Gasteiger partial charge is 0.481 e. The molecule has 2 atom stereocenters. The summed E-state index contributed by atoms with van der Waals surface area (Å²) >= 11 is 0. The van der Waals surface area contributed by atoms with Gasteiger partial charge >= 0.3 is 12.0 Å². The summed E-state index contributed by atoms with van der Waals surface area (Å²) in [4.78, 5) is 52.9. The molecular formula is C24H28ClN5O5. The third-order valence-corrected chi connectivity index (χ3v) is 5.96. The lowest BCUT2D eigenvalue weighted by molar-refractivity contribution is -0.139. The lowest BCUT2D eigenvalue weighted by Crippen LogP contribution is -2.44. The molecule has 1 saturated heterocycles. The summed E-state index contributed by atoms with van der Waals surface area (Å²) in [5, 5.41) is 19.4. The standard InChI is InChI=1S/C24H27N5O5.ClH/c1-3-29-23(34)28(22(33)24(29,2)17-11-9-16(10-12-17)21(25)26)14-19(30)27-18(13-20(31)32)15-7-5-4-6-8-15;/h4-12,18H,3,13-14H2,1-2H3,(H3,25,26)(H,27,30)(H,31,32);1H. The van der Waals surface area contributed by atoms with Gasteiger partial charge in [0, 0.05) is 12.1 Å². The van der Waals surface area contributed by atoms with Crippen LogP contribution in [-0.2, 0) is 19.9 Å². The number of carboxylic acid groups (broad SMARTS) is 1. The quantitative estimate of drug-likeness (QED) is 0.234. The molecule has 2 unspecified atom stereocenters. The van der Waals surface area contributed by atoms with Gasteiger partial charge in [-0.3, -0.25) is 24.7 Å². The minimum absolute atomic E-state index is 0. The first kappa shape index (κ1) is 27.3. The van der Waals surface area contributed by atoms with Crippen molar-refractivity contribution in [3.63, 3.8) is 0 Å². The number of rotatable bonds is 9. The van der Waals surface area contributed by atoms with Crippen LogP contribution in [0.4, 0.5) is 4.79 Å². The van der Waals surface area contributed by atoms with Crippen molar-refractivity contribution in [1.29, 1.82) is 5.41 Å². The summed E-state index contributed by atoms with van der Waals surface area (Å²) in [5.41, 5.74) is 5.76. The van der Waals surface area contributed by atoms with Gasteiger partial charge in [-0.25, -0.2) is 4.79 Å². The van der Waals surface area contributed by atoms with E-state index in [1.165, 1.54) is 4.90 Å². The number of nitrogens with one attached hydrogen (secondary N) is 2. The van der Waals surface area contributed by atoms with Gasteiger partial charge in [0.2, 0.25) is 5.91 Å². The highest BCUT2D eigenvalue weighted by Crippen LogP contribution is 2.37. The molecule has 0 radical (unpaired) electrons. The fourth-order valence-electron chi connectivity index (χ4n) is 4.14. The Morgan fingerprint density at radius 3 is 2.23 bits per heavy atom. The molecule has 1 aliphatic rings. The van der Waals surface area contributed by atoms with Crippen LogP contribution >= 0.6 is 12.4 Å². The van der Waals surface area contributed by atoms with Crippen molar-refractivity contribution in [1.82, 2.24) is 15.1 Å². The van der Waals surface area contributed by atoms with Gasteiger partial charge in [-0.1, -0.05) is 54.6 Å². The number of amides is 4. The van der Waals surface area contributed by atoms with Gasteiger partial charge in [-0.15, -0.1) is 12.4 Å². The smallest absolute Gasteiger partial charge is 0.328 e. The van der Waals surface area contributed by atoms with Gasteiger partial charge in [0.1, 0.15) is 17.9 Å². The van der Waals surface area contributed by atoms with Gasteiger partial charge in [0.15, 0.2) is 0 Å². The second-order valence-electron chi connectivity index (χ2n) is 8.11. The Morgan fingerprint density at radius 1 is 1.11 bits per heavy atom. The second-order valence-corrected chi connectivity index (χ2v) is 8.11. The van der Waals surface area contributed by atoms with E-state index >= 15 is 0 Å². The normalized spacial score (nSPS) is 18.1. The molecular weight excluding hydrogens is 474 g/mol. The highest BCUT2D eigenvalue weighted by Gasteiger charge is 2.55. The molecule has 1 heterocycles. The predicted molar refractivity (Wildman–Crippen MR) is 131 cm³/mol. The molecule has 2 aromatic carbocycles. The van der Waals surface area contributed by atoms with Crippen LogP contribution in [0.2, 0.25) is 0 Å². The molecule has 0 aliphatic carbocycles. The van der Waals surface area contributed by atoms with Crippen molar-refractivity contribution in [2.24, 2.45) is 5.73 Å². The van der Waals surface area contributed by atoms with E-state index in [4.69, 9.17) is 11.1 Å². The van der Waals surface area contributed by atoms with Crippen LogP contribution in [0.5, 0.6) is 0 Å². The van der Waals surface area contributed by atoms with E-state index < -0.39 is 41.9 Å². The topological polar surface area (TPSA) is 157 Å². The zero-order valence-corrected chi connectivity index (χ0v) is 20.2. The molecule has 0 bridgehead atoms. The number of nitrogens with zero attached hydrogens (tertiary/aromatic N) is 2. The summed E-state index contributed by atoms with van der Waals surface area (Å²) in [6.45, 7) is 3.02. The molecule has 0 spiro atoms. The number of imide groups is 1. The van der Waals surface area contributed by atoms with Crippen LogP contribution in [0.25, 0.3) is 0 Å². The van der Waals surface area contributed by atoms with Gasteiger partial charge in [0.25, 0.3) is 5.91 Å². The number of carbonyl (C=O) groups excluding carboxylic acids is 3. The van der Waals surface area contributed by atoms with E-state index in [-0.39, 0.29) is 31.2 Å². The van der Waals surface area contributed by atoms with Crippen molar-refractivity contribution < 1.29 is 24.3 Å². The van der Waals surface area contributed by atoms with Gasteiger partial charge in [-0.2, -0.15) is 0 Å². The van der Waals surface area contributed by atoms with Crippen LogP contribution in [0.3, 0.4) is 0 Å². The Bertz CT molecular complexity index is 1120. The van der Waals surface area contributed by atoms with Gasteiger partial charge in [-0.05, 0) is 25.0 Å². The molecule has 5 N–H and O–H groups in total. The van der Waals surface area contributed by atoms with Crippen molar-refractivity contribution in [2.75, 3.05) is 13.1 Å². The maximum absolute atomic E-state index is 13.4. The molecule has 1 aliphatic heterocycles. The molecule has 3 rings (SSSR count). The third-order valence-electron chi connectivity index (χ3n) is 5.96. The van der Waals surface area contributed by atoms with Crippen molar-refractivity contribution in [3.8, 4) is 0 Å². The predicted octanol–water partition coefficient (Wildman–Crippen LogP) is 2.22. The fraction of sp³-hybridized carbons (Fsp3) is 0.292. The zero-order chi connectivity index (χ0) is 25.0. The molecule has 11 heteroatoms. The van der Waals surface area contributed by atoms with E-state index in [9.17, 15) is 24.3 Å². The summed E-state index contributed by atoms with van der Waals surface area (Å²) < 4.78 is 0. The minimum atomic E-state index is -1.35. The summed E-state index contributed by atoms with van der Waals surface area (Å²) in [7, 11) is 0. The molecule has 0 saturated carbocycles. The third kappa shape index (κ3) is 5.43. The van der Waals surface area contributed by atoms with Gasteiger partial charge in [0.05, 0.1) is 12.5 Å². The van der Waals surface area contributed by atoms with Crippen molar-refractivity contribution in [2.45, 2.75) is 31.8 Å². The summed E-state index contributed by atoms with van der Waals surface area (Å²) in [5.74, 6) is -2.43. The number of halogens is 1. The summed E-state index contributed by atoms with van der Waals surface area (Å²) in [6, 6.07) is 13.6. The summed E-state index contributed by atoms with van der Waals surface area (Å²) in [6.07, 6.45) is -0.348. The lowest BCUT2D eigenvalue weighted by atomic mass is 9.89. The van der Waals surface area contributed by atoms with E-state index in [2.05, 4.69) is 5.32 Å². The average molecular weight is 502 g/mol. The molecule has 35 heavy (non-hydrogen) atoms. The number of carboxylic acids is 1. The van der Waals surface area contributed by atoms with E-state index in [0.717, 1.165) is 4.90 Å². The maximum atomic E-state index is 13.4. The first-order valence-electron chi connectivity index (χ1n) is 10.7. The maximum Gasteiger partial charge on any atom is 0.328 e. The molecule has 0 aromatic heterocycles. The number of nitrogens with two attached hydrogens (primary N) is 1. The minimum Gasteiger partial charge on any atom is -0.481 e. The molecule has 186 valence electrons. The highest BCUT2D eigenvalue weighted by atomic mass is 35.5. The number of urea groups is 1. The number of hydrogen-bond donors (Lipinski definition) is 4. The molecule has 10 nitrogen and oxygen atoms in total. The SMILES string of the molecule is CCN1C(=O)N(CC(=O)NC(CC(=O)O)c2ccccc2)C(=O)C1(C)c1ccc(C(=N)N)cc1.Cl. The Morgan fingerprint density at radius 2 is 1.71 bits per heavy atom. The number of likely N-dealkylation sites (N-methyl/N-ethyl adjacent to an activating group) is 1. The number of nitrogen functional groups attached to an aromatic ring is 1. The van der Waals surface area contributed by atoms with Crippen molar-refractivity contribution in [3.05, 3.63) is 71.3 Å². The molecule has 2 aromatic rings. The highest BCUT2D eigenvalue weighted by molar-refractivity contribution is 6.09. The fourth-order valence-corrected chi connectivity index (χ4v) is 4.14. The van der Waals surface area contributed by atoms with Crippen LogP contribution in [0, 0.1) is 5.41 Å². The lowest BCUT2D eigenvalue weighted by Gasteiger charge is -2.31. The Hall–Kier alpha value is -3.92. The zero-order valence-electron chi connectivity index (χ0n) is 19.4. The van der Waals surface area contributed by atoms with Crippen LogP contribution in [-0.4, -0.2) is 57.6 Å². The monoisotopic (exact) mass is 501 g/mol. The second kappa shape index (κ2) is 11.0. The molecule has 1 fully saturated rings. The number of hydrogen-bond acceptors (Lipinski definition) is 5. The number of aliphatic carboxylic acids is 1. The Kier molecular flexibility index (Phi) is 8.59. The number of benzene rings is 2. The Balaban J connectivity index is 0.00000432. The first-order valence-corrected chi connectivity index (χ1v) is 10.7. The van der Waals surface area contributed by atoms with Gasteiger partial charge < -0.3 is 21.1 Å². The van der Waals surface area contributed by atoms with E-state index in [1.54, 1.807) is 68.4 Å². The number of carbonyl (C=O) groups is 4. The van der Waals surface area contributed by atoms with Crippen LogP contribution < -0.4 is 11.1 Å². The van der Waals surface area contributed by atoms with Crippen LogP contribution in [0.1, 0.15) is 43.0 Å². The van der Waals surface area contributed by atoms with E-state index in [0.29, 0.717) is 16.7 Å². The number of amidine groups is 1. The van der Waals surface area contributed by atoms with Crippen molar-refractivity contribution >= 4 is 42.1 Å². The Labute approximate surface area is 209 Å². The molecule has 4 amide bonds. The van der Waals surface area contributed by atoms with E-state index in [1.807, 2.05) is 0 Å².